The summed E-state index contributed by atoms with van der Waals surface area (Å²) in [6.45, 7) is 10.9. The molecule has 3 aliphatic rings. The maximum atomic E-state index is 15.5. The van der Waals surface area contributed by atoms with Crippen LogP contribution < -0.4 is 10.0 Å². The number of aromatic nitrogens is 1. The maximum absolute atomic E-state index is 15.5. The second-order valence-electron chi connectivity index (χ2n) is 15.0. The SMILES string of the molecule is CC(C)(C)OC(=O)N1C[C@@](O)(C2CC2)C[C@@H]1C(=O)Nc1cc([C@](CCC2CC2)(N[S+]([O-])C(C)(C)C)c2ccncc2)ccc1F. The number of β-amino-alcohol motifs (C(OH)–C–C–N with tert-alkyl or cyclic N) is 1. The molecule has 1 saturated heterocycles. The van der Waals surface area contributed by atoms with Gasteiger partial charge in [0.2, 0.25) is 5.91 Å². The molecule has 5 rings (SSSR count). The van der Waals surface area contributed by atoms with Crippen molar-refractivity contribution in [3.05, 3.63) is 59.7 Å². The summed E-state index contributed by atoms with van der Waals surface area (Å²) in [6.07, 6.45) is 8.12. The third kappa shape index (κ3) is 7.81. The molecule has 0 bridgehead atoms. The lowest BCUT2D eigenvalue weighted by Crippen LogP contribution is -2.52. The summed E-state index contributed by atoms with van der Waals surface area (Å²) >= 11 is -1.49. The molecule has 1 aliphatic heterocycles. The molecule has 1 aromatic carbocycles. The van der Waals surface area contributed by atoms with Crippen LogP contribution in [0.4, 0.5) is 14.9 Å². The van der Waals surface area contributed by atoms with Gasteiger partial charge in [0.15, 0.2) is 0 Å². The monoisotopic (exact) mass is 642 g/mol. The van der Waals surface area contributed by atoms with E-state index in [0.717, 1.165) is 37.7 Å². The van der Waals surface area contributed by atoms with E-state index in [1.807, 2.05) is 32.9 Å². The van der Waals surface area contributed by atoms with Gasteiger partial charge in [0.25, 0.3) is 0 Å². The number of hydrogen-bond donors (Lipinski definition) is 3. The first-order valence-electron chi connectivity index (χ1n) is 15.9. The van der Waals surface area contributed by atoms with E-state index >= 15 is 4.39 Å². The molecule has 2 amide bonds. The molecule has 9 nitrogen and oxygen atoms in total. The predicted octanol–water partition coefficient (Wildman–Crippen LogP) is 5.80. The third-order valence-electron chi connectivity index (χ3n) is 8.97. The van der Waals surface area contributed by atoms with Crippen LogP contribution in [-0.2, 0) is 26.4 Å². The lowest BCUT2D eigenvalue weighted by atomic mass is 9.79. The smallest absolute Gasteiger partial charge is 0.411 e. The van der Waals surface area contributed by atoms with Crippen molar-refractivity contribution in [1.29, 1.82) is 0 Å². The molecule has 4 atom stereocenters. The lowest BCUT2D eigenvalue weighted by Gasteiger charge is -2.39. The summed E-state index contributed by atoms with van der Waals surface area (Å²) in [4.78, 5) is 32.5. The van der Waals surface area contributed by atoms with Gasteiger partial charge in [-0.15, -0.1) is 4.72 Å². The molecule has 1 unspecified atom stereocenters. The fourth-order valence-corrected chi connectivity index (χ4v) is 7.04. The molecule has 1 aromatic heterocycles. The minimum absolute atomic E-state index is 0.00232. The van der Waals surface area contributed by atoms with E-state index in [4.69, 9.17) is 4.74 Å². The van der Waals surface area contributed by atoms with Crippen LogP contribution >= 0.6 is 0 Å². The van der Waals surface area contributed by atoms with Crippen LogP contribution in [0.15, 0.2) is 42.7 Å². The van der Waals surface area contributed by atoms with Crippen LogP contribution in [0.2, 0.25) is 0 Å². The number of anilines is 1. The van der Waals surface area contributed by atoms with Crippen LogP contribution in [0, 0.1) is 17.7 Å². The zero-order valence-corrected chi connectivity index (χ0v) is 28.0. The van der Waals surface area contributed by atoms with Gasteiger partial charge in [-0.1, -0.05) is 18.9 Å². The van der Waals surface area contributed by atoms with Gasteiger partial charge in [0.1, 0.15) is 27.7 Å². The first-order valence-corrected chi connectivity index (χ1v) is 17.1. The summed E-state index contributed by atoms with van der Waals surface area (Å²) in [5.41, 5.74) is -1.54. The van der Waals surface area contributed by atoms with Gasteiger partial charge in [0.05, 0.1) is 17.8 Å². The second-order valence-corrected chi connectivity index (χ2v) is 17.0. The molecule has 11 heteroatoms. The van der Waals surface area contributed by atoms with E-state index in [9.17, 15) is 19.2 Å². The number of aliphatic hydroxyl groups is 1. The fourth-order valence-electron chi connectivity index (χ4n) is 6.08. The normalized spacial score (nSPS) is 24.2. The molecular formula is C34H47FN4O5S. The van der Waals surface area contributed by atoms with Gasteiger partial charge in [-0.05, 0) is 114 Å². The first kappa shape index (κ1) is 33.6. The molecule has 2 aliphatic carbocycles. The number of carbonyl (C=O) groups is 2. The average Bonchev–Trinajstić information content (AvgIpc) is 3.89. The summed E-state index contributed by atoms with van der Waals surface area (Å²) < 4.78 is 37.6. The van der Waals surface area contributed by atoms with Crippen molar-refractivity contribution in [2.75, 3.05) is 11.9 Å². The Balaban J connectivity index is 1.49. The van der Waals surface area contributed by atoms with Gasteiger partial charge < -0.3 is 19.7 Å². The van der Waals surface area contributed by atoms with E-state index in [1.165, 1.54) is 11.0 Å². The number of rotatable bonds is 10. The molecule has 0 spiro atoms. The van der Waals surface area contributed by atoms with Gasteiger partial charge >= 0.3 is 6.09 Å². The Hall–Kier alpha value is -2.73. The largest absolute Gasteiger partial charge is 0.598 e. The summed E-state index contributed by atoms with van der Waals surface area (Å²) in [5, 5.41) is 14.1. The fraction of sp³-hybridized carbons (Fsp3) is 0.618. The molecule has 0 radical (unpaired) electrons. The molecule has 45 heavy (non-hydrogen) atoms. The Morgan fingerprint density at radius 2 is 1.76 bits per heavy atom. The lowest BCUT2D eigenvalue weighted by molar-refractivity contribution is -0.120. The quantitative estimate of drug-likeness (QED) is 0.280. The van der Waals surface area contributed by atoms with Crippen molar-refractivity contribution in [1.82, 2.24) is 14.6 Å². The molecular weight excluding hydrogens is 595 g/mol. The highest BCUT2D eigenvalue weighted by Gasteiger charge is 2.55. The van der Waals surface area contributed by atoms with Crippen molar-refractivity contribution in [2.24, 2.45) is 11.8 Å². The predicted molar refractivity (Wildman–Crippen MR) is 172 cm³/mol. The number of benzene rings is 1. The van der Waals surface area contributed by atoms with Crippen molar-refractivity contribution in [2.45, 2.75) is 114 Å². The van der Waals surface area contributed by atoms with E-state index in [2.05, 4.69) is 15.0 Å². The third-order valence-corrected chi connectivity index (χ3v) is 10.6. The van der Waals surface area contributed by atoms with E-state index in [0.29, 0.717) is 17.9 Å². The van der Waals surface area contributed by atoms with Crippen LogP contribution in [0.3, 0.4) is 0 Å². The zero-order chi connectivity index (χ0) is 32.8. The standard InChI is InChI=1S/C34H47FN4O5S/c1-31(2,3)44-30(41)39-21-33(42,23-9-10-23)20-28(39)29(40)37-27-19-25(11-12-26(27)35)34(16-13-22-7-8-22,24-14-17-36-18-15-24)38-45(43)32(4,5)6/h11-12,14-15,17-19,22-23,28,38,42H,7-10,13,16,20-21H2,1-6H3,(H,37,40)/t28-,33-,34-,45?/m1/s1. The van der Waals surface area contributed by atoms with E-state index < -0.39 is 56.7 Å². The summed E-state index contributed by atoms with van der Waals surface area (Å²) in [6, 6.07) is 7.27. The highest BCUT2D eigenvalue weighted by molar-refractivity contribution is 7.90. The summed E-state index contributed by atoms with van der Waals surface area (Å²) in [7, 11) is 0. The number of amides is 2. The van der Waals surface area contributed by atoms with Gasteiger partial charge in [-0.25, -0.2) is 9.18 Å². The number of carbonyl (C=O) groups excluding carboxylic acids is 2. The average molecular weight is 643 g/mol. The topological polar surface area (TPSA) is 127 Å². The minimum atomic E-state index is -1.49. The number of likely N-dealkylation sites (tertiary alicyclic amines) is 1. The molecule has 2 heterocycles. The van der Waals surface area contributed by atoms with Crippen LogP contribution in [0.25, 0.3) is 0 Å². The Morgan fingerprint density at radius 3 is 2.33 bits per heavy atom. The first-order chi connectivity index (χ1) is 21.0. The van der Waals surface area contributed by atoms with Crippen molar-refractivity contribution >= 4 is 29.0 Å². The van der Waals surface area contributed by atoms with Gasteiger partial charge in [-0.2, -0.15) is 0 Å². The Bertz CT molecular complexity index is 1390. The Kier molecular flexibility index (Phi) is 9.32. The number of ether oxygens (including phenoxy) is 1. The highest BCUT2D eigenvalue weighted by Crippen LogP contribution is 2.47. The minimum Gasteiger partial charge on any atom is -0.598 e. The van der Waals surface area contributed by atoms with Crippen LogP contribution in [0.5, 0.6) is 0 Å². The van der Waals surface area contributed by atoms with Crippen LogP contribution in [0.1, 0.15) is 97.6 Å². The summed E-state index contributed by atoms with van der Waals surface area (Å²) in [5.74, 6) is -0.675. The zero-order valence-electron chi connectivity index (χ0n) is 27.2. The van der Waals surface area contributed by atoms with Gasteiger partial charge in [-0.3, -0.25) is 14.7 Å². The number of halogens is 1. The van der Waals surface area contributed by atoms with Crippen molar-refractivity contribution < 1.29 is 28.4 Å². The van der Waals surface area contributed by atoms with Crippen molar-refractivity contribution in [3.63, 3.8) is 0 Å². The molecule has 3 N–H and O–H groups in total. The van der Waals surface area contributed by atoms with Crippen molar-refractivity contribution in [3.8, 4) is 0 Å². The Labute approximate surface area is 269 Å². The number of pyridine rings is 1. The molecule has 246 valence electrons. The number of hydrogen-bond acceptors (Lipinski definition) is 7. The Morgan fingerprint density at radius 1 is 1.09 bits per heavy atom. The number of nitrogens with one attached hydrogen (secondary N) is 2. The van der Waals surface area contributed by atoms with E-state index in [1.54, 1.807) is 45.3 Å². The maximum Gasteiger partial charge on any atom is 0.411 e. The van der Waals surface area contributed by atoms with E-state index in [-0.39, 0.29) is 24.6 Å². The number of nitrogens with zero attached hydrogens (tertiary/aromatic N) is 2. The molecule has 2 saturated carbocycles. The van der Waals surface area contributed by atoms with Gasteiger partial charge in [0, 0.05) is 30.2 Å². The highest BCUT2D eigenvalue weighted by atomic mass is 32.2. The molecule has 2 aromatic rings. The second kappa shape index (κ2) is 12.5. The molecule has 3 fully saturated rings. The van der Waals surface area contributed by atoms with Crippen LogP contribution in [-0.4, -0.2) is 60.1 Å².